The average Bonchev–Trinajstić information content (AvgIpc) is 3.15. The quantitative estimate of drug-likeness (QED) is 0.639. The van der Waals surface area contributed by atoms with Gasteiger partial charge in [0.25, 0.3) is 0 Å². The second-order valence-electron chi connectivity index (χ2n) is 5.99. The van der Waals surface area contributed by atoms with Crippen molar-refractivity contribution in [2.24, 2.45) is 0 Å². The number of halogens is 1. The van der Waals surface area contributed by atoms with Crippen LogP contribution < -0.4 is 5.32 Å². The van der Waals surface area contributed by atoms with Crippen LogP contribution in [0.5, 0.6) is 0 Å². The molecule has 0 spiro atoms. The standard InChI is InChI=1S/C21H22FNO/c1-16(17-6-3-2-4-7-17)23-14-13-20(21-8-5-15-24-21)18-9-11-19(22)12-10-18/h2-12,15-16,20,23H,13-14H2,1H3. The second-order valence-corrected chi connectivity index (χ2v) is 5.99. The molecule has 1 N–H and O–H groups in total. The van der Waals surface area contributed by atoms with Crippen molar-refractivity contribution in [3.8, 4) is 0 Å². The Balaban J connectivity index is 1.66. The molecule has 2 unspecified atom stereocenters. The normalized spacial score (nSPS) is 13.6. The molecule has 124 valence electrons. The van der Waals surface area contributed by atoms with E-state index in [9.17, 15) is 4.39 Å². The zero-order valence-electron chi connectivity index (χ0n) is 13.8. The summed E-state index contributed by atoms with van der Waals surface area (Å²) in [5.41, 5.74) is 2.34. The molecule has 0 aliphatic carbocycles. The van der Waals surface area contributed by atoms with Crippen molar-refractivity contribution in [1.29, 1.82) is 0 Å². The Bertz CT molecular complexity index is 722. The molecule has 3 aromatic rings. The van der Waals surface area contributed by atoms with Crippen molar-refractivity contribution < 1.29 is 8.81 Å². The summed E-state index contributed by atoms with van der Waals surface area (Å²) in [5.74, 6) is 0.819. The maximum Gasteiger partial charge on any atom is 0.123 e. The van der Waals surface area contributed by atoms with Crippen molar-refractivity contribution in [3.63, 3.8) is 0 Å². The van der Waals surface area contributed by atoms with Gasteiger partial charge in [0.05, 0.1) is 6.26 Å². The summed E-state index contributed by atoms with van der Waals surface area (Å²) >= 11 is 0. The Hall–Kier alpha value is -2.39. The lowest BCUT2D eigenvalue weighted by Crippen LogP contribution is -2.21. The highest BCUT2D eigenvalue weighted by molar-refractivity contribution is 5.27. The summed E-state index contributed by atoms with van der Waals surface area (Å²) in [6.07, 6.45) is 2.57. The summed E-state index contributed by atoms with van der Waals surface area (Å²) in [6, 6.07) is 21.2. The van der Waals surface area contributed by atoms with Crippen LogP contribution in [-0.4, -0.2) is 6.54 Å². The summed E-state index contributed by atoms with van der Waals surface area (Å²) in [5, 5.41) is 3.56. The fourth-order valence-corrected chi connectivity index (χ4v) is 2.96. The van der Waals surface area contributed by atoms with E-state index in [1.807, 2.05) is 30.3 Å². The van der Waals surface area contributed by atoms with Crippen LogP contribution in [0.4, 0.5) is 4.39 Å². The molecule has 0 bridgehead atoms. The molecule has 3 heteroatoms. The average molecular weight is 323 g/mol. The molecule has 0 saturated carbocycles. The summed E-state index contributed by atoms with van der Waals surface area (Å²) < 4.78 is 18.8. The van der Waals surface area contributed by atoms with E-state index in [4.69, 9.17) is 4.42 Å². The Kier molecular flexibility index (Phi) is 5.44. The SMILES string of the molecule is CC(NCCC(c1ccc(F)cc1)c1ccco1)c1ccccc1. The van der Waals surface area contributed by atoms with Gasteiger partial charge in [0.2, 0.25) is 0 Å². The minimum absolute atomic E-state index is 0.121. The summed E-state index contributed by atoms with van der Waals surface area (Å²) in [6.45, 7) is 3.01. The van der Waals surface area contributed by atoms with E-state index in [2.05, 4.69) is 36.5 Å². The Morgan fingerprint density at radius 2 is 1.67 bits per heavy atom. The molecule has 0 aliphatic rings. The van der Waals surface area contributed by atoms with Gasteiger partial charge in [0.15, 0.2) is 0 Å². The van der Waals surface area contributed by atoms with Crippen LogP contribution in [0.25, 0.3) is 0 Å². The monoisotopic (exact) mass is 323 g/mol. The van der Waals surface area contributed by atoms with Crippen LogP contribution in [0.2, 0.25) is 0 Å². The largest absolute Gasteiger partial charge is 0.469 e. The third-order valence-corrected chi connectivity index (χ3v) is 4.34. The third kappa shape index (κ3) is 4.12. The van der Waals surface area contributed by atoms with Crippen molar-refractivity contribution in [1.82, 2.24) is 5.32 Å². The molecule has 24 heavy (non-hydrogen) atoms. The van der Waals surface area contributed by atoms with Gasteiger partial charge in [-0.25, -0.2) is 4.39 Å². The maximum absolute atomic E-state index is 13.2. The predicted octanol–water partition coefficient (Wildman–Crippen LogP) is 5.29. The first-order valence-corrected chi connectivity index (χ1v) is 8.31. The minimum atomic E-state index is -0.215. The van der Waals surface area contributed by atoms with E-state index >= 15 is 0 Å². The van der Waals surface area contributed by atoms with Gasteiger partial charge >= 0.3 is 0 Å². The van der Waals surface area contributed by atoms with Gasteiger partial charge in [-0.2, -0.15) is 0 Å². The second kappa shape index (κ2) is 7.93. The first-order valence-electron chi connectivity index (χ1n) is 8.31. The number of nitrogens with one attached hydrogen (secondary N) is 1. The smallest absolute Gasteiger partial charge is 0.123 e. The Morgan fingerprint density at radius 1 is 0.917 bits per heavy atom. The molecule has 3 rings (SSSR count). The van der Waals surface area contributed by atoms with Gasteiger partial charge in [-0.1, -0.05) is 42.5 Å². The van der Waals surface area contributed by atoms with E-state index < -0.39 is 0 Å². The van der Waals surface area contributed by atoms with E-state index in [1.165, 1.54) is 17.7 Å². The molecule has 2 atom stereocenters. The zero-order chi connectivity index (χ0) is 16.8. The van der Waals surface area contributed by atoms with Gasteiger partial charge in [0, 0.05) is 12.0 Å². The third-order valence-electron chi connectivity index (χ3n) is 4.34. The van der Waals surface area contributed by atoms with Crippen LogP contribution in [-0.2, 0) is 0 Å². The number of hydrogen-bond donors (Lipinski definition) is 1. The summed E-state index contributed by atoms with van der Waals surface area (Å²) in [7, 11) is 0. The van der Waals surface area contributed by atoms with Crippen molar-refractivity contribution in [3.05, 3.63) is 95.7 Å². The highest BCUT2D eigenvalue weighted by Crippen LogP contribution is 2.28. The van der Waals surface area contributed by atoms with E-state index in [1.54, 1.807) is 6.26 Å². The fraction of sp³-hybridized carbons (Fsp3) is 0.238. The number of rotatable bonds is 7. The Morgan fingerprint density at radius 3 is 2.33 bits per heavy atom. The van der Waals surface area contributed by atoms with Gasteiger partial charge in [-0.3, -0.25) is 0 Å². The van der Waals surface area contributed by atoms with Crippen molar-refractivity contribution >= 4 is 0 Å². The molecule has 0 amide bonds. The molecule has 1 aromatic heterocycles. The maximum atomic E-state index is 13.2. The topological polar surface area (TPSA) is 25.2 Å². The number of benzene rings is 2. The van der Waals surface area contributed by atoms with Crippen LogP contribution in [0.1, 0.15) is 42.2 Å². The molecular formula is C21H22FNO. The molecule has 0 saturated heterocycles. The van der Waals surface area contributed by atoms with Gasteiger partial charge < -0.3 is 9.73 Å². The predicted molar refractivity (Wildman–Crippen MR) is 94.4 cm³/mol. The molecule has 0 radical (unpaired) electrons. The molecule has 0 fully saturated rings. The minimum Gasteiger partial charge on any atom is -0.469 e. The number of hydrogen-bond acceptors (Lipinski definition) is 2. The van der Waals surface area contributed by atoms with Crippen molar-refractivity contribution in [2.45, 2.75) is 25.3 Å². The lowest BCUT2D eigenvalue weighted by Gasteiger charge is -2.18. The molecule has 1 heterocycles. The first-order chi connectivity index (χ1) is 11.7. The molecule has 2 nitrogen and oxygen atoms in total. The van der Waals surface area contributed by atoms with E-state index in [0.29, 0.717) is 0 Å². The Labute approximate surface area is 142 Å². The highest BCUT2D eigenvalue weighted by Gasteiger charge is 2.17. The van der Waals surface area contributed by atoms with Gasteiger partial charge in [0.1, 0.15) is 11.6 Å². The molecular weight excluding hydrogens is 301 g/mol. The zero-order valence-corrected chi connectivity index (χ0v) is 13.8. The van der Waals surface area contributed by atoms with Crippen molar-refractivity contribution in [2.75, 3.05) is 6.54 Å². The van der Waals surface area contributed by atoms with Crippen LogP contribution in [0, 0.1) is 5.82 Å². The van der Waals surface area contributed by atoms with E-state index in [0.717, 1.165) is 24.3 Å². The fourth-order valence-electron chi connectivity index (χ4n) is 2.96. The lowest BCUT2D eigenvalue weighted by atomic mass is 9.93. The number of furan rings is 1. The molecule has 2 aromatic carbocycles. The van der Waals surface area contributed by atoms with Gasteiger partial charge in [-0.05, 0) is 55.3 Å². The highest BCUT2D eigenvalue weighted by atomic mass is 19.1. The summed E-state index contributed by atoms with van der Waals surface area (Å²) in [4.78, 5) is 0. The van der Waals surface area contributed by atoms with E-state index in [-0.39, 0.29) is 17.8 Å². The van der Waals surface area contributed by atoms with Gasteiger partial charge in [-0.15, -0.1) is 0 Å². The van der Waals surface area contributed by atoms with Crippen LogP contribution in [0.3, 0.4) is 0 Å². The lowest BCUT2D eigenvalue weighted by molar-refractivity contribution is 0.457. The van der Waals surface area contributed by atoms with Crippen LogP contribution in [0.15, 0.2) is 77.4 Å². The molecule has 0 aliphatic heterocycles. The first kappa shape index (κ1) is 16.5. The van der Waals surface area contributed by atoms with Crippen LogP contribution >= 0.6 is 0 Å².